The first-order valence-electron chi connectivity index (χ1n) is 5.10. The van der Waals surface area contributed by atoms with Crippen molar-refractivity contribution in [2.45, 2.75) is 19.8 Å². The summed E-state index contributed by atoms with van der Waals surface area (Å²) in [6.45, 7) is 9.70. The van der Waals surface area contributed by atoms with E-state index in [0.29, 0.717) is 0 Å². The quantitative estimate of drug-likeness (QED) is 0.659. The number of aromatic nitrogens is 1. The van der Waals surface area contributed by atoms with E-state index in [-0.39, 0.29) is 0 Å². The molecule has 0 saturated heterocycles. The normalized spacial score (nSPS) is 11.1. The Balaban J connectivity index is 2.59. The average molecular weight is 199 g/mol. The Labute approximate surface area is 91.9 Å². The summed E-state index contributed by atoms with van der Waals surface area (Å²) in [5.74, 6) is 0. The smallest absolute Gasteiger partial charge is 0.0270 e. The largest absolute Gasteiger partial charge is 0.265 e. The van der Waals surface area contributed by atoms with Crippen molar-refractivity contribution in [3.8, 4) is 0 Å². The van der Waals surface area contributed by atoms with E-state index in [4.69, 9.17) is 0 Å². The molecule has 1 aromatic rings. The molecule has 0 bridgehead atoms. The van der Waals surface area contributed by atoms with Gasteiger partial charge in [0.05, 0.1) is 0 Å². The highest BCUT2D eigenvalue weighted by atomic mass is 14.6. The molecule has 1 heterocycles. The predicted molar refractivity (Wildman–Crippen MR) is 65.7 cm³/mol. The number of aryl methyl sites for hydroxylation is 1. The molecule has 0 fully saturated rings. The summed E-state index contributed by atoms with van der Waals surface area (Å²) in [6.07, 6.45) is 9.53. The van der Waals surface area contributed by atoms with Gasteiger partial charge >= 0.3 is 0 Å². The van der Waals surface area contributed by atoms with Gasteiger partial charge in [0.15, 0.2) is 0 Å². The number of hydrogen-bond donors (Lipinski definition) is 0. The molecule has 0 aliphatic heterocycles. The van der Waals surface area contributed by atoms with Gasteiger partial charge < -0.3 is 0 Å². The van der Waals surface area contributed by atoms with Crippen LogP contribution in [0.4, 0.5) is 0 Å². The Morgan fingerprint density at radius 3 is 2.60 bits per heavy atom. The SMILES string of the molecule is C=C/C=C(/CCc1ccncc1)C(=C)C. The first kappa shape index (κ1) is 11.4. The maximum Gasteiger partial charge on any atom is 0.0270 e. The average Bonchev–Trinajstić information content (AvgIpc) is 2.25. The van der Waals surface area contributed by atoms with Crippen molar-refractivity contribution in [1.82, 2.24) is 4.98 Å². The first-order chi connectivity index (χ1) is 7.24. The minimum absolute atomic E-state index is 1.01. The molecule has 15 heavy (non-hydrogen) atoms. The van der Waals surface area contributed by atoms with E-state index in [2.05, 4.69) is 18.1 Å². The maximum absolute atomic E-state index is 4.00. The van der Waals surface area contributed by atoms with E-state index >= 15 is 0 Å². The standard InChI is InChI=1S/C14H17N/c1-4-5-14(12(2)3)7-6-13-8-10-15-11-9-13/h4-5,8-11H,1-2,6-7H2,3H3/b14-5-. The molecule has 1 rings (SSSR count). The predicted octanol–water partition coefficient (Wildman–Crippen LogP) is 3.70. The summed E-state index contributed by atoms with van der Waals surface area (Å²) in [5, 5.41) is 0. The van der Waals surface area contributed by atoms with Crippen LogP contribution in [0, 0.1) is 0 Å². The highest BCUT2D eigenvalue weighted by molar-refractivity contribution is 5.30. The van der Waals surface area contributed by atoms with Crippen LogP contribution in [0.15, 0.2) is 61.0 Å². The third-order valence-corrected chi connectivity index (χ3v) is 2.30. The lowest BCUT2D eigenvalue weighted by Crippen LogP contribution is -1.90. The van der Waals surface area contributed by atoms with E-state index in [1.165, 1.54) is 11.1 Å². The molecule has 0 radical (unpaired) electrons. The van der Waals surface area contributed by atoms with Crippen molar-refractivity contribution < 1.29 is 0 Å². The minimum atomic E-state index is 1.01. The van der Waals surface area contributed by atoms with E-state index in [9.17, 15) is 0 Å². The second kappa shape index (κ2) is 5.97. The zero-order valence-corrected chi connectivity index (χ0v) is 9.24. The Morgan fingerprint density at radius 1 is 1.40 bits per heavy atom. The van der Waals surface area contributed by atoms with Crippen LogP contribution >= 0.6 is 0 Å². The summed E-state index contributed by atoms with van der Waals surface area (Å²) in [7, 11) is 0. The summed E-state index contributed by atoms with van der Waals surface area (Å²) in [5.41, 5.74) is 3.69. The lowest BCUT2D eigenvalue weighted by atomic mass is 10.0. The highest BCUT2D eigenvalue weighted by Crippen LogP contribution is 2.15. The number of allylic oxidation sites excluding steroid dienone is 4. The number of nitrogens with zero attached hydrogens (tertiary/aromatic N) is 1. The Kier molecular flexibility index (Phi) is 4.55. The Hall–Kier alpha value is -1.63. The van der Waals surface area contributed by atoms with Gasteiger partial charge in [-0.3, -0.25) is 4.98 Å². The van der Waals surface area contributed by atoms with Crippen LogP contribution in [-0.4, -0.2) is 4.98 Å². The molecule has 0 aromatic carbocycles. The number of hydrogen-bond acceptors (Lipinski definition) is 1. The van der Waals surface area contributed by atoms with Crippen LogP contribution in [0.25, 0.3) is 0 Å². The molecule has 78 valence electrons. The fourth-order valence-corrected chi connectivity index (χ4v) is 1.41. The van der Waals surface area contributed by atoms with Gasteiger partial charge in [0.2, 0.25) is 0 Å². The van der Waals surface area contributed by atoms with Crippen molar-refractivity contribution in [3.05, 3.63) is 66.5 Å². The Morgan fingerprint density at radius 2 is 2.07 bits per heavy atom. The number of rotatable bonds is 5. The molecular weight excluding hydrogens is 182 g/mol. The molecule has 0 spiro atoms. The van der Waals surface area contributed by atoms with Gasteiger partial charge in [-0.2, -0.15) is 0 Å². The second-order valence-corrected chi connectivity index (χ2v) is 3.56. The van der Waals surface area contributed by atoms with E-state index in [1.54, 1.807) is 0 Å². The maximum atomic E-state index is 4.00. The zero-order chi connectivity index (χ0) is 11.1. The minimum Gasteiger partial charge on any atom is -0.265 e. The van der Waals surface area contributed by atoms with Crippen LogP contribution in [-0.2, 0) is 6.42 Å². The third-order valence-electron chi connectivity index (χ3n) is 2.30. The third kappa shape index (κ3) is 3.94. The topological polar surface area (TPSA) is 12.9 Å². The van der Waals surface area contributed by atoms with Crippen LogP contribution in [0.5, 0.6) is 0 Å². The van der Waals surface area contributed by atoms with Gasteiger partial charge in [0.25, 0.3) is 0 Å². The lowest BCUT2D eigenvalue weighted by molar-refractivity contribution is 0.945. The first-order valence-corrected chi connectivity index (χ1v) is 5.10. The highest BCUT2D eigenvalue weighted by Gasteiger charge is 1.98. The fourth-order valence-electron chi connectivity index (χ4n) is 1.41. The molecule has 0 saturated carbocycles. The molecule has 1 heteroatoms. The summed E-state index contributed by atoms with van der Waals surface area (Å²) in [4.78, 5) is 4.00. The molecular formula is C14H17N. The molecule has 0 aliphatic rings. The van der Waals surface area contributed by atoms with Gasteiger partial charge in [0.1, 0.15) is 0 Å². The summed E-state index contributed by atoms with van der Waals surface area (Å²) >= 11 is 0. The van der Waals surface area contributed by atoms with E-state index in [1.807, 2.05) is 43.6 Å². The van der Waals surface area contributed by atoms with E-state index < -0.39 is 0 Å². The zero-order valence-electron chi connectivity index (χ0n) is 9.24. The fraction of sp³-hybridized carbons (Fsp3) is 0.214. The second-order valence-electron chi connectivity index (χ2n) is 3.56. The molecule has 0 amide bonds. The summed E-state index contributed by atoms with van der Waals surface area (Å²) < 4.78 is 0. The molecule has 0 atom stereocenters. The van der Waals surface area contributed by atoms with E-state index in [0.717, 1.165) is 18.4 Å². The van der Waals surface area contributed by atoms with Crippen LogP contribution < -0.4 is 0 Å². The molecule has 0 unspecified atom stereocenters. The van der Waals surface area contributed by atoms with Gasteiger partial charge in [-0.25, -0.2) is 0 Å². The van der Waals surface area contributed by atoms with Crippen molar-refractivity contribution in [3.63, 3.8) is 0 Å². The van der Waals surface area contributed by atoms with Gasteiger partial charge in [-0.1, -0.05) is 30.9 Å². The van der Waals surface area contributed by atoms with Crippen molar-refractivity contribution in [1.29, 1.82) is 0 Å². The van der Waals surface area contributed by atoms with Crippen molar-refractivity contribution in [2.75, 3.05) is 0 Å². The summed E-state index contributed by atoms with van der Waals surface area (Å²) in [6, 6.07) is 4.09. The monoisotopic (exact) mass is 199 g/mol. The van der Waals surface area contributed by atoms with Gasteiger partial charge in [0, 0.05) is 12.4 Å². The van der Waals surface area contributed by atoms with Gasteiger partial charge in [-0.05, 0) is 43.0 Å². The van der Waals surface area contributed by atoms with Crippen molar-refractivity contribution >= 4 is 0 Å². The molecule has 0 N–H and O–H groups in total. The Bertz CT molecular complexity index is 360. The molecule has 0 aliphatic carbocycles. The van der Waals surface area contributed by atoms with Crippen molar-refractivity contribution in [2.24, 2.45) is 0 Å². The van der Waals surface area contributed by atoms with Crippen LogP contribution in [0.3, 0.4) is 0 Å². The lowest BCUT2D eigenvalue weighted by Gasteiger charge is -2.06. The number of pyridine rings is 1. The molecule has 1 aromatic heterocycles. The van der Waals surface area contributed by atoms with Crippen LogP contribution in [0.2, 0.25) is 0 Å². The van der Waals surface area contributed by atoms with Crippen LogP contribution in [0.1, 0.15) is 18.9 Å². The molecule has 1 nitrogen and oxygen atoms in total. The van der Waals surface area contributed by atoms with Gasteiger partial charge in [-0.15, -0.1) is 0 Å².